The summed E-state index contributed by atoms with van der Waals surface area (Å²) in [5.74, 6) is -2.93. The normalized spacial score (nSPS) is 21.4. The monoisotopic (exact) mass is 326 g/mol. The molecule has 0 aromatic heterocycles. The predicted octanol–water partition coefficient (Wildman–Crippen LogP) is 1.35. The van der Waals surface area contributed by atoms with Crippen molar-refractivity contribution in [1.82, 2.24) is 10.6 Å². The first-order valence-electron chi connectivity index (χ1n) is 5.80. The smallest absolute Gasteiger partial charge is 0.252 e. The Morgan fingerprint density at radius 2 is 2.05 bits per heavy atom. The number of rotatable bonds is 3. The third-order valence-electron chi connectivity index (χ3n) is 3.08. The first-order chi connectivity index (χ1) is 8.99. The summed E-state index contributed by atoms with van der Waals surface area (Å²) in [7, 11) is 0. The summed E-state index contributed by atoms with van der Waals surface area (Å²) in [4.78, 5) is 11.8. The quantitative estimate of drug-likeness (QED) is 0.735. The molecule has 1 amide bonds. The molecule has 1 saturated heterocycles. The summed E-state index contributed by atoms with van der Waals surface area (Å²) in [6, 6.07) is 1.52. The summed E-state index contributed by atoms with van der Waals surface area (Å²) in [6.45, 7) is 1.31. The molecule has 1 aromatic carbocycles. The van der Waals surface area contributed by atoms with Crippen molar-refractivity contribution in [3.8, 4) is 0 Å². The van der Waals surface area contributed by atoms with Gasteiger partial charge in [0, 0.05) is 25.6 Å². The van der Waals surface area contributed by atoms with Gasteiger partial charge in [-0.25, -0.2) is 8.78 Å². The predicted molar refractivity (Wildman–Crippen MR) is 73.3 cm³/mol. The number of halogens is 4. The molecular weight excluding hydrogens is 313 g/mol. The zero-order valence-corrected chi connectivity index (χ0v) is 11.9. The highest BCUT2D eigenvalue weighted by Gasteiger charge is 2.25. The molecule has 0 bridgehead atoms. The molecule has 2 rings (SSSR count). The third-order valence-corrected chi connectivity index (χ3v) is 3.40. The van der Waals surface area contributed by atoms with Crippen molar-refractivity contribution in [3.63, 3.8) is 0 Å². The molecule has 112 valence electrons. The minimum absolute atomic E-state index is 0. The number of aliphatic hydroxyl groups is 1. The molecule has 3 N–H and O–H groups in total. The second-order valence-electron chi connectivity index (χ2n) is 4.44. The van der Waals surface area contributed by atoms with E-state index in [4.69, 9.17) is 11.6 Å². The summed E-state index contributed by atoms with van der Waals surface area (Å²) < 4.78 is 25.9. The van der Waals surface area contributed by atoms with Crippen molar-refractivity contribution >= 4 is 29.9 Å². The maximum absolute atomic E-state index is 13.1. The Morgan fingerprint density at radius 3 is 2.65 bits per heavy atom. The number of hydrogen-bond acceptors (Lipinski definition) is 3. The summed E-state index contributed by atoms with van der Waals surface area (Å²) in [5.41, 5.74) is -0.124. The van der Waals surface area contributed by atoms with Crippen LogP contribution in [-0.2, 0) is 0 Å². The van der Waals surface area contributed by atoms with Crippen LogP contribution in [-0.4, -0.2) is 36.8 Å². The molecule has 2 unspecified atom stereocenters. The molecule has 2 atom stereocenters. The van der Waals surface area contributed by atoms with Gasteiger partial charge in [0.25, 0.3) is 5.91 Å². The van der Waals surface area contributed by atoms with Crippen LogP contribution in [0.25, 0.3) is 0 Å². The van der Waals surface area contributed by atoms with Crippen LogP contribution in [0, 0.1) is 17.6 Å². The van der Waals surface area contributed by atoms with E-state index in [-0.39, 0.29) is 35.5 Å². The van der Waals surface area contributed by atoms with Gasteiger partial charge in [-0.15, -0.1) is 12.4 Å². The van der Waals surface area contributed by atoms with Gasteiger partial charge in [0.15, 0.2) is 11.6 Å². The molecule has 0 radical (unpaired) electrons. The number of carbonyl (C=O) groups is 1. The van der Waals surface area contributed by atoms with Crippen LogP contribution in [0.3, 0.4) is 0 Å². The average Bonchev–Trinajstić information content (AvgIpc) is 2.76. The van der Waals surface area contributed by atoms with E-state index in [0.29, 0.717) is 13.1 Å². The lowest BCUT2D eigenvalue weighted by molar-refractivity contribution is 0.0926. The summed E-state index contributed by atoms with van der Waals surface area (Å²) in [5, 5.41) is 14.9. The SMILES string of the molecule is Cl.O=C(NCC1CNCC1O)c1cc(F)c(F)cc1Cl. The van der Waals surface area contributed by atoms with E-state index in [1.54, 1.807) is 0 Å². The van der Waals surface area contributed by atoms with Gasteiger partial charge in [-0.1, -0.05) is 11.6 Å². The molecular formula is C12H14Cl2F2N2O2. The van der Waals surface area contributed by atoms with Crippen LogP contribution in [0.2, 0.25) is 5.02 Å². The molecule has 1 aliphatic rings. The standard InChI is InChI=1S/C12H13ClF2N2O2.ClH/c13-8-2-10(15)9(14)1-7(8)12(19)17-4-6-3-16-5-11(6)18;/h1-2,6,11,16,18H,3-5H2,(H,17,19);1H. The largest absolute Gasteiger partial charge is 0.391 e. The van der Waals surface area contributed by atoms with E-state index in [0.717, 1.165) is 12.1 Å². The maximum Gasteiger partial charge on any atom is 0.252 e. The van der Waals surface area contributed by atoms with Crippen LogP contribution in [0.4, 0.5) is 8.78 Å². The molecule has 0 spiro atoms. The van der Waals surface area contributed by atoms with Gasteiger partial charge in [-0.3, -0.25) is 4.79 Å². The van der Waals surface area contributed by atoms with E-state index in [2.05, 4.69) is 10.6 Å². The Balaban J connectivity index is 0.00000200. The van der Waals surface area contributed by atoms with E-state index in [1.807, 2.05) is 0 Å². The van der Waals surface area contributed by atoms with Crippen molar-refractivity contribution < 1.29 is 18.7 Å². The molecule has 1 heterocycles. The van der Waals surface area contributed by atoms with E-state index < -0.39 is 23.6 Å². The van der Waals surface area contributed by atoms with Gasteiger partial charge in [-0.2, -0.15) is 0 Å². The Kier molecular flexibility index (Phi) is 6.13. The Hall–Kier alpha value is -0.950. The third kappa shape index (κ3) is 3.79. The molecule has 1 aromatic rings. The fourth-order valence-electron chi connectivity index (χ4n) is 1.94. The lowest BCUT2D eigenvalue weighted by atomic mass is 10.1. The summed E-state index contributed by atoms with van der Waals surface area (Å²) >= 11 is 5.69. The van der Waals surface area contributed by atoms with Crippen LogP contribution in [0.1, 0.15) is 10.4 Å². The highest BCUT2D eigenvalue weighted by Crippen LogP contribution is 2.20. The molecule has 4 nitrogen and oxygen atoms in total. The zero-order valence-electron chi connectivity index (χ0n) is 10.3. The van der Waals surface area contributed by atoms with Crippen LogP contribution < -0.4 is 10.6 Å². The molecule has 8 heteroatoms. The van der Waals surface area contributed by atoms with Gasteiger partial charge in [-0.05, 0) is 12.1 Å². The molecule has 20 heavy (non-hydrogen) atoms. The molecule has 0 saturated carbocycles. The number of carbonyl (C=O) groups excluding carboxylic acids is 1. The van der Waals surface area contributed by atoms with E-state index in [1.165, 1.54) is 0 Å². The van der Waals surface area contributed by atoms with Crippen LogP contribution in [0.15, 0.2) is 12.1 Å². The number of benzene rings is 1. The molecule has 1 fully saturated rings. The Labute approximate surface area is 125 Å². The van der Waals surface area contributed by atoms with E-state index >= 15 is 0 Å². The zero-order chi connectivity index (χ0) is 14.0. The Morgan fingerprint density at radius 1 is 1.40 bits per heavy atom. The van der Waals surface area contributed by atoms with Gasteiger partial charge in [0.1, 0.15) is 0 Å². The number of nitrogens with one attached hydrogen (secondary N) is 2. The molecule has 1 aliphatic heterocycles. The minimum Gasteiger partial charge on any atom is -0.391 e. The maximum atomic E-state index is 13.1. The topological polar surface area (TPSA) is 61.4 Å². The number of hydrogen-bond donors (Lipinski definition) is 3. The van der Waals surface area contributed by atoms with Crippen LogP contribution >= 0.6 is 24.0 Å². The Bertz CT molecular complexity index is 503. The fourth-order valence-corrected chi connectivity index (χ4v) is 2.18. The first kappa shape index (κ1) is 17.1. The van der Waals surface area contributed by atoms with Crippen LogP contribution in [0.5, 0.6) is 0 Å². The number of aliphatic hydroxyl groups excluding tert-OH is 1. The van der Waals surface area contributed by atoms with Gasteiger partial charge in [0.05, 0.1) is 16.7 Å². The lowest BCUT2D eigenvalue weighted by Gasteiger charge is -2.14. The second kappa shape index (κ2) is 7.17. The van der Waals surface area contributed by atoms with Crippen molar-refractivity contribution in [2.45, 2.75) is 6.10 Å². The number of β-amino-alcohol motifs (C(OH)–C–C–N with tert-alkyl or cyclic N) is 1. The fraction of sp³-hybridized carbons (Fsp3) is 0.417. The highest BCUT2D eigenvalue weighted by molar-refractivity contribution is 6.33. The molecule has 0 aliphatic carbocycles. The van der Waals surface area contributed by atoms with Crippen molar-refractivity contribution in [3.05, 3.63) is 34.4 Å². The van der Waals surface area contributed by atoms with Gasteiger partial charge < -0.3 is 15.7 Å². The van der Waals surface area contributed by atoms with Crippen molar-refractivity contribution in [2.24, 2.45) is 5.92 Å². The lowest BCUT2D eigenvalue weighted by Crippen LogP contribution is -2.34. The van der Waals surface area contributed by atoms with Crippen molar-refractivity contribution in [1.29, 1.82) is 0 Å². The highest BCUT2D eigenvalue weighted by atomic mass is 35.5. The minimum atomic E-state index is -1.13. The second-order valence-corrected chi connectivity index (χ2v) is 4.85. The van der Waals surface area contributed by atoms with Crippen molar-refractivity contribution in [2.75, 3.05) is 19.6 Å². The summed E-state index contributed by atoms with van der Waals surface area (Å²) in [6.07, 6.45) is -0.527. The first-order valence-corrected chi connectivity index (χ1v) is 6.18. The van der Waals surface area contributed by atoms with Gasteiger partial charge in [0.2, 0.25) is 0 Å². The van der Waals surface area contributed by atoms with Gasteiger partial charge >= 0.3 is 0 Å². The van der Waals surface area contributed by atoms with E-state index in [9.17, 15) is 18.7 Å². The number of amides is 1. The average molecular weight is 327 g/mol.